The molecule has 0 aliphatic heterocycles. The number of benzene rings is 2. The Hall–Kier alpha value is -3.68. The Kier molecular flexibility index (Phi) is 11.7. The first-order valence-corrected chi connectivity index (χ1v) is 14.3. The number of sulfonamides is 1. The molecule has 0 saturated heterocycles. The van der Waals surface area contributed by atoms with Crippen LogP contribution in [0.4, 0.5) is 4.79 Å². The summed E-state index contributed by atoms with van der Waals surface area (Å²) in [6, 6.07) is 9.86. The van der Waals surface area contributed by atoms with E-state index in [0.29, 0.717) is 22.4 Å². The number of ether oxygens (including phenoxy) is 3. The molecule has 0 aliphatic carbocycles. The molecule has 13 heteroatoms. The van der Waals surface area contributed by atoms with E-state index in [2.05, 4.69) is 10.9 Å². The van der Waals surface area contributed by atoms with Gasteiger partial charge in [0.05, 0.1) is 18.6 Å². The highest BCUT2D eigenvalue weighted by atomic mass is 32.2. The van der Waals surface area contributed by atoms with E-state index in [1.807, 2.05) is 0 Å². The molecule has 0 bridgehead atoms. The van der Waals surface area contributed by atoms with E-state index in [4.69, 9.17) is 14.2 Å². The Morgan fingerprint density at radius 2 is 1.54 bits per heavy atom. The highest BCUT2D eigenvalue weighted by Gasteiger charge is 2.25. The van der Waals surface area contributed by atoms with Gasteiger partial charge in [0.25, 0.3) is 5.91 Å². The lowest BCUT2D eigenvalue weighted by Crippen LogP contribution is -2.44. The van der Waals surface area contributed by atoms with Crippen molar-refractivity contribution in [2.45, 2.75) is 51.7 Å². The number of carbonyl (C=O) groups excluding carboxylic acids is 3. The highest BCUT2D eigenvalue weighted by Crippen LogP contribution is 2.27. The zero-order valence-corrected chi connectivity index (χ0v) is 25.7. The van der Waals surface area contributed by atoms with Gasteiger partial charge in [-0.05, 0) is 75.6 Å². The van der Waals surface area contributed by atoms with Gasteiger partial charge in [-0.15, -0.1) is 0 Å². The van der Waals surface area contributed by atoms with Gasteiger partial charge in [-0.1, -0.05) is 12.1 Å². The second-order valence-electron chi connectivity index (χ2n) is 10.5. The fourth-order valence-electron chi connectivity index (χ4n) is 3.78. The number of nitrogens with one attached hydrogen (secondary N) is 2. The lowest BCUT2D eigenvalue weighted by molar-refractivity contribution is -0.135. The maximum atomic E-state index is 13.1. The third-order valence-corrected chi connectivity index (χ3v) is 8.02. The van der Waals surface area contributed by atoms with Gasteiger partial charge in [0.15, 0.2) is 0 Å². The molecule has 226 valence electrons. The summed E-state index contributed by atoms with van der Waals surface area (Å²) in [7, 11) is 0.843. The first kappa shape index (κ1) is 33.5. The van der Waals surface area contributed by atoms with Gasteiger partial charge in [-0.3, -0.25) is 15.0 Å². The number of hydrogen-bond donors (Lipinski definition) is 2. The van der Waals surface area contributed by atoms with Crippen molar-refractivity contribution >= 4 is 27.9 Å². The summed E-state index contributed by atoms with van der Waals surface area (Å²) >= 11 is 0. The molecule has 0 atom stereocenters. The average Bonchev–Trinajstić information content (AvgIpc) is 2.88. The Morgan fingerprint density at radius 1 is 0.951 bits per heavy atom. The largest absolute Gasteiger partial charge is 0.497 e. The number of hydrazine groups is 1. The van der Waals surface area contributed by atoms with Crippen LogP contribution in [-0.4, -0.2) is 82.1 Å². The predicted octanol–water partition coefficient (Wildman–Crippen LogP) is 2.78. The van der Waals surface area contributed by atoms with Gasteiger partial charge in [-0.2, -0.15) is 4.31 Å². The molecule has 0 aromatic heterocycles. The first-order valence-electron chi connectivity index (χ1n) is 12.9. The van der Waals surface area contributed by atoms with E-state index in [0.717, 1.165) is 5.56 Å². The molecule has 0 heterocycles. The number of hydrogen-bond acceptors (Lipinski definition) is 8. The van der Waals surface area contributed by atoms with Crippen molar-refractivity contribution in [2.24, 2.45) is 0 Å². The van der Waals surface area contributed by atoms with Crippen LogP contribution in [0, 0.1) is 13.8 Å². The molecule has 3 amide bonds. The molecule has 2 aromatic carbocycles. The Morgan fingerprint density at radius 3 is 2.07 bits per heavy atom. The fraction of sp³-hybridized carbons (Fsp3) is 0.464. The van der Waals surface area contributed by atoms with Crippen molar-refractivity contribution in [1.82, 2.24) is 20.1 Å². The van der Waals surface area contributed by atoms with Gasteiger partial charge in [-0.25, -0.2) is 18.6 Å². The van der Waals surface area contributed by atoms with Crippen molar-refractivity contribution in [1.29, 1.82) is 0 Å². The monoisotopic (exact) mass is 592 g/mol. The third-order valence-electron chi connectivity index (χ3n) is 5.85. The van der Waals surface area contributed by atoms with Gasteiger partial charge in [0.2, 0.25) is 15.9 Å². The van der Waals surface area contributed by atoms with Crippen molar-refractivity contribution in [2.75, 3.05) is 41.0 Å². The van der Waals surface area contributed by atoms with Crippen LogP contribution in [0.25, 0.3) is 0 Å². The SMILES string of the molecule is COc1cc(C)c(S(=O)(=O)N(C)CCOCC(=O)N(C)Cc2ccc(C(=O)NNC(=O)OC(C)(C)C)cc2)c(C)c1. The average molecular weight is 593 g/mol. The van der Waals surface area contributed by atoms with Crippen LogP contribution in [-0.2, 0) is 30.8 Å². The molecule has 2 aromatic rings. The van der Waals surface area contributed by atoms with Gasteiger partial charge < -0.3 is 19.1 Å². The maximum absolute atomic E-state index is 13.1. The smallest absolute Gasteiger partial charge is 0.426 e. The number of likely N-dealkylation sites (N-methyl/N-ethyl adjacent to an activating group) is 2. The van der Waals surface area contributed by atoms with Crippen molar-refractivity contribution in [3.8, 4) is 5.75 Å². The van der Waals surface area contributed by atoms with Crippen LogP contribution in [0.2, 0.25) is 0 Å². The molecular weight excluding hydrogens is 552 g/mol. The standard InChI is InChI=1S/C28H40N4O8S/c1-19-15-23(38-8)16-20(2)25(19)41(36,37)32(7)13-14-39-18-24(33)31(6)17-21-9-11-22(12-10-21)26(34)29-30-27(35)40-28(3,4)5/h9-12,15-16H,13-14,17-18H2,1-8H3,(H,29,34)(H,30,35). The second kappa shape index (κ2) is 14.3. The van der Waals surface area contributed by atoms with E-state index in [9.17, 15) is 22.8 Å². The van der Waals surface area contributed by atoms with Crippen LogP contribution < -0.4 is 15.6 Å². The topological polar surface area (TPSA) is 144 Å². The molecule has 0 saturated carbocycles. The van der Waals surface area contributed by atoms with E-state index in [-0.39, 0.29) is 37.1 Å². The van der Waals surface area contributed by atoms with E-state index < -0.39 is 27.6 Å². The quantitative estimate of drug-likeness (QED) is 0.300. The van der Waals surface area contributed by atoms with E-state index in [1.165, 1.54) is 23.4 Å². The molecule has 0 radical (unpaired) electrons. The van der Waals surface area contributed by atoms with Gasteiger partial charge >= 0.3 is 6.09 Å². The van der Waals surface area contributed by atoms with Crippen LogP contribution in [0.3, 0.4) is 0 Å². The summed E-state index contributed by atoms with van der Waals surface area (Å²) in [5.74, 6) is -0.230. The summed E-state index contributed by atoms with van der Waals surface area (Å²) in [6.07, 6.45) is -0.777. The maximum Gasteiger partial charge on any atom is 0.426 e. The molecule has 2 N–H and O–H groups in total. The minimum absolute atomic E-state index is 0.0324. The Labute approximate surface area is 242 Å². The second-order valence-corrected chi connectivity index (χ2v) is 12.5. The normalized spacial score (nSPS) is 11.6. The number of aryl methyl sites for hydroxylation is 2. The summed E-state index contributed by atoms with van der Waals surface area (Å²) in [5.41, 5.74) is 6.01. The molecule has 2 rings (SSSR count). The third kappa shape index (κ3) is 10.0. The summed E-state index contributed by atoms with van der Waals surface area (Å²) in [6.45, 7) is 8.70. The number of amides is 3. The molecule has 0 aliphatic rings. The molecule has 41 heavy (non-hydrogen) atoms. The molecule has 12 nitrogen and oxygen atoms in total. The van der Waals surface area contributed by atoms with Crippen LogP contribution >= 0.6 is 0 Å². The minimum atomic E-state index is -3.76. The zero-order chi connectivity index (χ0) is 31.0. The summed E-state index contributed by atoms with van der Waals surface area (Å²) in [4.78, 5) is 38.1. The zero-order valence-electron chi connectivity index (χ0n) is 24.9. The Bertz CT molecular complexity index is 1310. The lowest BCUT2D eigenvalue weighted by atomic mass is 10.1. The molecule has 0 unspecified atom stereocenters. The highest BCUT2D eigenvalue weighted by molar-refractivity contribution is 7.89. The first-order chi connectivity index (χ1) is 19.0. The van der Waals surface area contributed by atoms with E-state index in [1.54, 1.807) is 78.1 Å². The molecule has 0 spiro atoms. The number of carbonyl (C=O) groups is 3. The summed E-state index contributed by atoms with van der Waals surface area (Å²) < 4.78 is 43.1. The van der Waals surface area contributed by atoms with Crippen LogP contribution in [0.1, 0.15) is 47.8 Å². The van der Waals surface area contributed by atoms with Crippen LogP contribution in [0.5, 0.6) is 5.75 Å². The summed E-state index contributed by atoms with van der Waals surface area (Å²) in [5, 5.41) is 0. The van der Waals surface area contributed by atoms with Crippen molar-refractivity contribution < 1.29 is 37.0 Å². The number of nitrogens with zero attached hydrogens (tertiary/aromatic N) is 2. The van der Waals surface area contributed by atoms with Gasteiger partial charge in [0.1, 0.15) is 18.0 Å². The number of rotatable bonds is 11. The van der Waals surface area contributed by atoms with E-state index >= 15 is 0 Å². The Balaban J connectivity index is 1.81. The van der Waals surface area contributed by atoms with Crippen molar-refractivity contribution in [3.05, 3.63) is 58.7 Å². The molecular formula is C28H40N4O8S. The number of methoxy groups -OCH3 is 1. The van der Waals surface area contributed by atoms with Gasteiger partial charge in [0, 0.05) is 32.7 Å². The molecule has 0 fully saturated rings. The van der Waals surface area contributed by atoms with Crippen LogP contribution in [0.15, 0.2) is 41.3 Å². The fourth-order valence-corrected chi connectivity index (χ4v) is 5.34. The lowest BCUT2D eigenvalue weighted by Gasteiger charge is -2.21. The minimum Gasteiger partial charge on any atom is -0.497 e. The predicted molar refractivity (Wildman–Crippen MR) is 153 cm³/mol. The van der Waals surface area contributed by atoms with Crippen molar-refractivity contribution in [3.63, 3.8) is 0 Å².